The molecule has 3 rings (SSSR count). The first-order valence-electron chi connectivity index (χ1n) is 7.37. The van der Waals surface area contributed by atoms with Gasteiger partial charge in [0.1, 0.15) is 11.4 Å². The van der Waals surface area contributed by atoms with Gasteiger partial charge in [0.2, 0.25) is 5.88 Å². The van der Waals surface area contributed by atoms with Crippen LogP contribution in [0.25, 0.3) is 11.3 Å². The van der Waals surface area contributed by atoms with Gasteiger partial charge in [0.15, 0.2) is 5.56 Å². The number of ether oxygens (including phenoxy) is 2. The SMILES string of the molecule is COC(=O)c1c(-c2cccc(Cl)c2)noc1Nc1cccc(OC)c1. The first kappa shape index (κ1) is 16.9. The zero-order valence-corrected chi connectivity index (χ0v) is 14.3. The van der Waals surface area contributed by atoms with Gasteiger partial charge in [-0.3, -0.25) is 0 Å². The molecule has 1 heterocycles. The zero-order valence-electron chi connectivity index (χ0n) is 13.6. The lowest BCUT2D eigenvalue weighted by atomic mass is 10.1. The molecule has 0 radical (unpaired) electrons. The lowest BCUT2D eigenvalue weighted by Crippen LogP contribution is -2.05. The van der Waals surface area contributed by atoms with Crippen molar-refractivity contribution in [2.24, 2.45) is 0 Å². The first-order valence-corrected chi connectivity index (χ1v) is 7.75. The Labute approximate surface area is 149 Å². The zero-order chi connectivity index (χ0) is 17.8. The number of aromatic nitrogens is 1. The number of rotatable bonds is 5. The number of carbonyl (C=O) groups excluding carboxylic acids is 1. The van der Waals surface area contributed by atoms with Crippen molar-refractivity contribution < 1.29 is 18.8 Å². The molecule has 1 aromatic heterocycles. The molecule has 0 saturated carbocycles. The molecule has 0 saturated heterocycles. The number of methoxy groups -OCH3 is 2. The van der Waals surface area contributed by atoms with E-state index in [0.717, 1.165) is 0 Å². The summed E-state index contributed by atoms with van der Waals surface area (Å²) < 4.78 is 15.4. The van der Waals surface area contributed by atoms with Crippen molar-refractivity contribution in [3.8, 4) is 17.0 Å². The normalized spacial score (nSPS) is 10.4. The highest BCUT2D eigenvalue weighted by atomic mass is 35.5. The van der Waals surface area contributed by atoms with Gasteiger partial charge in [-0.15, -0.1) is 0 Å². The van der Waals surface area contributed by atoms with E-state index in [1.54, 1.807) is 37.4 Å². The average molecular weight is 359 g/mol. The molecule has 128 valence electrons. The molecule has 0 amide bonds. The summed E-state index contributed by atoms with van der Waals surface area (Å²) in [6.45, 7) is 0. The molecule has 0 bridgehead atoms. The monoisotopic (exact) mass is 358 g/mol. The summed E-state index contributed by atoms with van der Waals surface area (Å²) in [6, 6.07) is 14.2. The van der Waals surface area contributed by atoms with E-state index in [4.69, 9.17) is 25.6 Å². The van der Waals surface area contributed by atoms with Crippen LogP contribution in [0.3, 0.4) is 0 Å². The number of esters is 1. The molecule has 7 heteroatoms. The highest BCUT2D eigenvalue weighted by Gasteiger charge is 2.25. The van der Waals surface area contributed by atoms with Crippen LogP contribution in [0.15, 0.2) is 53.1 Å². The third-order valence-corrected chi connectivity index (χ3v) is 3.74. The molecule has 0 aliphatic rings. The number of carbonyl (C=O) groups is 1. The molecular formula is C18H15ClN2O4. The number of nitrogens with zero attached hydrogens (tertiary/aromatic N) is 1. The maximum absolute atomic E-state index is 12.3. The van der Waals surface area contributed by atoms with Crippen molar-refractivity contribution in [3.05, 3.63) is 59.1 Å². The molecule has 0 atom stereocenters. The van der Waals surface area contributed by atoms with Crippen LogP contribution in [-0.4, -0.2) is 25.3 Å². The lowest BCUT2D eigenvalue weighted by molar-refractivity contribution is 0.0602. The van der Waals surface area contributed by atoms with Gasteiger partial charge in [-0.1, -0.05) is 35.0 Å². The van der Waals surface area contributed by atoms with Crippen LogP contribution in [0.5, 0.6) is 5.75 Å². The maximum atomic E-state index is 12.3. The van der Waals surface area contributed by atoms with E-state index in [1.807, 2.05) is 18.2 Å². The predicted molar refractivity (Wildman–Crippen MR) is 94.6 cm³/mol. The summed E-state index contributed by atoms with van der Waals surface area (Å²) in [5, 5.41) is 7.56. The van der Waals surface area contributed by atoms with Gasteiger partial charge in [0.25, 0.3) is 0 Å². The van der Waals surface area contributed by atoms with E-state index in [1.165, 1.54) is 7.11 Å². The molecule has 6 nitrogen and oxygen atoms in total. The van der Waals surface area contributed by atoms with Gasteiger partial charge in [-0.25, -0.2) is 4.79 Å². The van der Waals surface area contributed by atoms with Crippen molar-refractivity contribution in [1.82, 2.24) is 5.16 Å². The van der Waals surface area contributed by atoms with Crippen LogP contribution >= 0.6 is 11.6 Å². The van der Waals surface area contributed by atoms with Crippen LogP contribution in [0, 0.1) is 0 Å². The van der Waals surface area contributed by atoms with Crippen LogP contribution in [0.2, 0.25) is 5.02 Å². The summed E-state index contributed by atoms with van der Waals surface area (Å²) in [6.07, 6.45) is 0. The molecule has 0 aliphatic carbocycles. The summed E-state index contributed by atoms with van der Waals surface area (Å²) in [5.74, 6) is 0.274. The third kappa shape index (κ3) is 3.59. The quantitative estimate of drug-likeness (QED) is 0.675. The van der Waals surface area contributed by atoms with E-state index < -0.39 is 5.97 Å². The van der Waals surface area contributed by atoms with Crippen molar-refractivity contribution in [2.75, 3.05) is 19.5 Å². The minimum atomic E-state index is -0.568. The van der Waals surface area contributed by atoms with Crippen molar-refractivity contribution in [3.63, 3.8) is 0 Å². The number of nitrogens with one attached hydrogen (secondary N) is 1. The fourth-order valence-corrected chi connectivity index (χ4v) is 2.52. The summed E-state index contributed by atoms with van der Waals surface area (Å²) in [7, 11) is 2.87. The van der Waals surface area contributed by atoms with Gasteiger partial charge < -0.3 is 19.3 Å². The Bertz CT molecular complexity index is 908. The highest BCUT2D eigenvalue weighted by molar-refractivity contribution is 6.30. The molecule has 0 spiro atoms. The Morgan fingerprint density at radius 2 is 1.96 bits per heavy atom. The van der Waals surface area contributed by atoms with Crippen molar-refractivity contribution in [2.45, 2.75) is 0 Å². The number of hydrogen-bond acceptors (Lipinski definition) is 6. The Balaban J connectivity index is 2.03. The van der Waals surface area contributed by atoms with Gasteiger partial charge in [0.05, 0.1) is 14.2 Å². The number of halogens is 1. The second kappa shape index (κ2) is 7.27. The first-order chi connectivity index (χ1) is 12.1. The van der Waals surface area contributed by atoms with Crippen molar-refractivity contribution >= 4 is 29.1 Å². The molecule has 3 aromatic rings. The largest absolute Gasteiger partial charge is 0.497 e. The third-order valence-electron chi connectivity index (χ3n) is 3.51. The summed E-state index contributed by atoms with van der Waals surface area (Å²) in [5.41, 5.74) is 1.86. The topological polar surface area (TPSA) is 73.6 Å². The Kier molecular flexibility index (Phi) is 4.90. The molecule has 0 aliphatic heterocycles. The Hall–Kier alpha value is -2.99. The highest BCUT2D eigenvalue weighted by Crippen LogP contribution is 2.33. The Morgan fingerprint density at radius 3 is 2.68 bits per heavy atom. The van der Waals surface area contributed by atoms with E-state index >= 15 is 0 Å². The molecule has 25 heavy (non-hydrogen) atoms. The van der Waals surface area contributed by atoms with E-state index in [9.17, 15) is 4.79 Å². The van der Waals surface area contributed by atoms with Gasteiger partial charge in [-0.05, 0) is 24.3 Å². The summed E-state index contributed by atoms with van der Waals surface area (Å²) in [4.78, 5) is 12.3. The van der Waals surface area contributed by atoms with Gasteiger partial charge in [0, 0.05) is 22.3 Å². The van der Waals surface area contributed by atoms with Gasteiger partial charge >= 0.3 is 5.97 Å². The molecule has 1 N–H and O–H groups in total. The predicted octanol–water partition coefficient (Wildman–Crippen LogP) is 4.53. The second-order valence-corrected chi connectivity index (χ2v) is 5.53. The van der Waals surface area contributed by atoms with E-state index in [2.05, 4.69) is 10.5 Å². The maximum Gasteiger partial charge on any atom is 0.345 e. The van der Waals surface area contributed by atoms with Crippen LogP contribution < -0.4 is 10.1 Å². The fraction of sp³-hybridized carbons (Fsp3) is 0.111. The molecular weight excluding hydrogens is 344 g/mol. The minimum Gasteiger partial charge on any atom is -0.497 e. The fourth-order valence-electron chi connectivity index (χ4n) is 2.33. The molecule has 2 aromatic carbocycles. The molecule has 0 unspecified atom stereocenters. The smallest absolute Gasteiger partial charge is 0.345 e. The number of anilines is 2. The minimum absolute atomic E-state index is 0.176. The van der Waals surface area contributed by atoms with Gasteiger partial charge in [-0.2, -0.15) is 0 Å². The number of hydrogen-bond donors (Lipinski definition) is 1. The van der Waals surface area contributed by atoms with E-state index in [0.29, 0.717) is 27.7 Å². The lowest BCUT2D eigenvalue weighted by Gasteiger charge is -2.07. The average Bonchev–Trinajstić information content (AvgIpc) is 3.04. The molecule has 0 fully saturated rings. The standard InChI is InChI=1S/C18H15ClN2O4/c1-23-14-8-4-7-13(10-14)20-17-15(18(22)24-2)16(21-25-17)11-5-3-6-12(19)9-11/h3-10,20H,1-2H3. The second-order valence-electron chi connectivity index (χ2n) is 5.09. The summed E-state index contributed by atoms with van der Waals surface area (Å²) >= 11 is 6.03. The van der Waals surface area contributed by atoms with Crippen molar-refractivity contribution in [1.29, 1.82) is 0 Å². The van der Waals surface area contributed by atoms with Crippen LogP contribution in [-0.2, 0) is 4.74 Å². The van der Waals surface area contributed by atoms with E-state index in [-0.39, 0.29) is 11.4 Å². The number of benzene rings is 2. The van der Waals surface area contributed by atoms with Crippen LogP contribution in [0.1, 0.15) is 10.4 Å². The van der Waals surface area contributed by atoms with Crippen LogP contribution in [0.4, 0.5) is 11.6 Å². The Morgan fingerprint density at radius 1 is 1.16 bits per heavy atom.